The summed E-state index contributed by atoms with van der Waals surface area (Å²) in [5.74, 6) is 2.33. The highest BCUT2D eigenvalue weighted by Gasteiger charge is 2.18. The Kier molecular flexibility index (Phi) is 5.77. The Morgan fingerprint density at radius 2 is 2.30 bits per heavy atom. The number of thioether (sulfide) groups is 1. The summed E-state index contributed by atoms with van der Waals surface area (Å²) in [6.45, 7) is 5.11. The number of carbonyl (C=O) groups is 1. The van der Waals surface area contributed by atoms with Crippen LogP contribution in [0.3, 0.4) is 0 Å². The van der Waals surface area contributed by atoms with Gasteiger partial charge in [0.1, 0.15) is 0 Å². The van der Waals surface area contributed by atoms with Crippen LogP contribution in [0, 0.1) is 6.92 Å². The van der Waals surface area contributed by atoms with Gasteiger partial charge >= 0.3 is 0 Å². The van der Waals surface area contributed by atoms with Gasteiger partial charge in [0.15, 0.2) is 0 Å². The second-order valence-electron chi connectivity index (χ2n) is 5.34. The molecular weight excluding hydrogens is 268 g/mol. The lowest BCUT2D eigenvalue weighted by molar-refractivity contribution is 0.0938. The molecule has 2 N–H and O–H groups in total. The zero-order valence-electron chi connectivity index (χ0n) is 12.4. The second kappa shape index (κ2) is 7.58. The number of carbonyl (C=O) groups excluding carboxylic acids is 1. The standard InChI is InChI=1S/C16H24N2OS/c1-3-8-17-13-6-7-15(12(2)10-13)16(19)18-14-5-4-9-20-11-14/h6-7,10,14,17H,3-5,8-9,11H2,1-2H3,(H,18,19). The molecule has 1 aliphatic rings. The molecule has 1 fully saturated rings. The molecule has 20 heavy (non-hydrogen) atoms. The Labute approximate surface area is 125 Å². The molecule has 1 unspecified atom stereocenters. The number of hydrogen-bond donors (Lipinski definition) is 2. The van der Waals surface area contributed by atoms with E-state index in [-0.39, 0.29) is 5.91 Å². The van der Waals surface area contributed by atoms with E-state index in [1.54, 1.807) is 0 Å². The van der Waals surface area contributed by atoms with Gasteiger partial charge in [-0.05, 0) is 55.7 Å². The molecule has 2 rings (SSSR count). The quantitative estimate of drug-likeness (QED) is 0.873. The van der Waals surface area contributed by atoms with E-state index >= 15 is 0 Å². The van der Waals surface area contributed by atoms with Gasteiger partial charge in [-0.3, -0.25) is 4.79 Å². The maximum atomic E-state index is 12.3. The molecule has 4 heteroatoms. The summed E-state index contributed by atoms with van der Waals surface area (Å²) >= 11 is 1.93. The summed E-state index contributed by atoms with van der Waals surface area (Å²) in [6, 6.07) is 6.31. The summed E-state index contributed by atoms with van der Waals surface area (Å²) in [5, 5.41) is 6.51. The molecule has 0 aromatic heterocycles. The molecule has 0 aliphatic carbocycles. The van der Waals surface area contributed by atoms with Gasteiger partial charge < -0.3 is 10.6 Å². The number of nitrogens with one attached hydrogen (secondary N) is 2. The van der Waals surface area contributed by atoms with Gasteiger partial charge in [0.25, 0.3) is 5.91 Å². The zero-order chi connectivity index (χ0) is 14.4. The zero-order valence-corrected chi connectivity index (χ0v) is 13.2. The molecule has 3 nitrogen and oxygen atoms in total. The fourth-order valence-corrected chi connectivity index (χ4v) is 3.49. The van der Waals surface area contributed by atoms with Gasteiger partial charge in [-0.2, -0.15) is 11.8 Å². The van der Waals surface area contributed by atoms with E-state index in [0.29, 0.717) is 6.04 Å². The summed E-state index contributed by atoms with van der Waals surface area (Å²) in [4.78, 5) is 12.3. The average molecular weight is 292 g/mol. The third kappa shape index (κ3) is 4.17. The minimum Gasteiger partial charge on any atom is -0.385 e. The molecule has 1 aromatic carbocycles. The first kappa shape index (κ1) is 15.2. The molecule has 1 amide bonds. The van der Waals surface area contributed by atoms with Crippen LogP contribution >= 0.6 is 11.8 Å². The first-order valence-electron chi connectivity index (χ1n) is 7.44. The molecule has 0 bridgehead atoms. The first-order valence-corrected chi connectivity index (χ1v) is 8.59. The highest BCUT2D eigenvalue weighted by atomic mass is 32.2. The molecule has 1 aliphatic heterocycles. The van der Waals surface area contributed by atoms with Crippen molar-refractivity contribution < 1.29 is 4.79 Å². The molecular formula is C16H24N2OS. The summed E-state index contributed by atoms with van der Waals surface area (Å²) in [7, 11) is 0. The summed E-state index contributed by atoms with van der Waals surface area (Å²) in [6.07, 6.45) is 3.41. The Hall–Kier alpha value is -1.16. The van der Waals surface area contributed by atoms with Crippen LogP contribution in [0.4, 0.5) is 5.69 Å². The van der Waals surface area contributed by atoms with Crippen molar-refractivity contribution in [3.8, 4) is 0 Å². The smallest absolute Gasteiger partial charge is 0.251 e. The van der Waals surface area contributed by atoms with E-state index in [4.69, 9.17) is 0 Å². The van der Waals surface area contributed by atoms with E-state index in [1.165, 1.54) is 12.2 Å². The van der Waals surface area contributed by atoms with Crippen LogP contribution in [-0.4, -0.2) is 30.0 Å². The number of benzene rings is 1. The van der Waals surface area contributed by atoms with Crippen molar-refractivity contribution in [1.29, 1.82) is 0 Å². The molecule has 1 saturated heterocycles. The van der Waals surface area contributed by atoms with Crippen molar-refractivity contribution in [2.24, 2.45) is 0 Å². The largest absolute Gasteiger partial charge is 0.385 e. The fraction of sp³-hybridized carbons (Fsp3) is 0.562. The predicted molar refractivity (Wildman–Crippen MR) is 87.8 cm³/mol. The molecule has 0 spiro atoms. The Morgan fingerprint density at radius 1 is 1.45 bits per heavy atom. The highest BCUT2D eigenvalue weighted by Crippen LogP contribution is 2.19. The van der Waals surface area contributed by atoms with Gasteiger partial charge in [-0.15, -0.1) is 0 Å². The van der Waals surface area contributed by atoms with Crippen molar-refractivity contribution in [3.63, 3.8) is 0 Å². The second-order valence-corrected chi connectivity index (χ2v) is 6.49. The van der Waals surface area contributed by atoms with E-state index in [9.17, 15) is 4.79 Å². The van der Waals surface area contributed by atoms with E-state index in [0.717, 1.165) is 42.0 Å². The molecule has 1 atom stereocenters. The predicted octanol–water partition coefficient (Wildman–Crippen LogP) is 3.44. The third-order valence-corrected chi connectivity index (χ3v) is 4.76. The molecule has 1 heterocycles. The highest BCUT2D eigenvalue weighted by molar-refractivity contribution is 7.99. The lowest BCUT2D eigenvalue weighted by Gasteiger charge is -2.23. The number of aryl methyl sites for hydroxylation is 1. The Bertz CT molecular complexity index is 456. The average Bonchev–Trinajstić information content (AvgIpc) is 2.46. The molecule has 110 valence electrons. The van der Waals surface area contributed by atoms with Crippen molar-refractivity contribution in [3.05, 3.63) is 29.3 Å². The van der Waals surface area contributed by atoms with E-state index in [1.807, 2.05) is 30.8 Å². The van der Waals surface area contributed by atoms with Crippen molar-refractivity contribution >= 4 is 23.4 Å². The third-order valence-electron chi connectivity index (χ3n) is 3.55. The van der Waals surface area contributed by atoms with Crippen molar-refractivity contribution in [2.45, 2.75) is 39.2 Å². The van der Waals surface area contributed by atoms with Gasteiger partial charge in [-0.25, -0.2) is 0 Å². The lowest BCUT2D eigenvalue weighted by atomic mass is 10.1. The lowest BCUT2D eigenvalue weighted by Crippen LogP contribution is -2.38. The van der Waals surface area contributed by atoms with Gasteiger partial charge in [-0.1, -0.05) is 6.92 Å². The van der Waals surface area contributed by atoms with Crippen molar-refractivity contribution in [2.75, 3.05) is 23.4 Å². The van der Waals surface area contributed by atoms with E-state index in [2.05, 4.69) is 23.6 Å². The van der Waals surface area contributed by atoms with Crippen LogP contribution in [-0.2, 0) is 0 Å². The number of hydrogen-bond acceptors (Lipinski definition) is 3. The van der Waals surface area contributed by atoms with Crippen LogP contribution in [0.1, 0.15) is 42.1 Å². The number of anilines is 1. The van der Waals surface area contributed by atoms with Crippen LogP contribution in [0.2, 0.25) is 0 Å². The first-order chi connectivity index (χ1) is 9.70. The normalized spacial score (nSPS) is 18.6. The fourth-order valence-electron chi connectivity index (χ4n) is 2.42. The minimum atomic E-state index is 0.0667. The molecule has 1 aromatic rings. The van der Waals surface area contributed by atoms with Gasteiger partial charge in [0, 0.05) is 29.6 Å². The molecule has 0 saturated carbocycles. The molecule has 0 radical (unpaired) electrons. The summed E-state index contributed by atoms with van der Waals surface area (Å²) in [5.41, 5.74) is 2.92. The van der Waals surface area contributed by atoms with E-state index < -0.39 is 0 Å². The summed E-state index contributed by atoms with van der Waals surface area (Å²) < 4.78 is 0. The van der Waals surface area contributed by atoms with Gasteiger partial charge in [0.05, 0.1) is 0 Å². The van der Waals surface area contributed by atoms with Crippen LogP contribution in [0.25, 0.3) is 0 Å². The Balaban J connectivity index is 1.98. The minimum absolute atomic E-state index is 0.0667. The van der Waals surface area contributed by atoms with Crippen LogP contribution < -0.4 is 10.6 Å². The Morgan fingerprint density at radius 3 is 2.95 bits per heavy atom. The maximum absolute atomic E-state index is 12.3. The SMILES string of the molecule is CCCNc1ccc(C(=O)NC2CCCSC2)c(C)c1. The number of rotatable bonds is 5. The van der Waals surface area contributed by atoms with Crippen LogP contribution in [0.5, 0.6) is 0 Å². The van der Waals surface area contributed by atoms with Crippen molar-refractivity contribution in [1.82, 2.24) is 5.32 Å². The van der Waals surface area contributed by atoms with Gasteiger partial charge in [0.2, 0.25) is 0 Å². The number of amides is 1. The topological polar surface area (TPSA) is 41.1 Å². The van der Waals surface area contributed by atoms with Crippen LogP contribution in [0.15, 0.2) is 18.2 Å². The maximum Gasteiger partial charge on any atom is 0.251 e. The monoisotopic (exact) mass is 292 g/mol.